The van der Waals surface area contributed by atoms with Crippen LogP contribution >= 0.6 is 11.6 Å². The summed E-state index contributed by atoms with van der Waals surface area (Å²) in [5.74, 6) is 0.534. The number of benzene rings is 2. The van der Waals surface area contributed by atoms with E-state index in [9.17, 15) is 9.59 Å². The maximum Gasteiger partial charge on any atom is 0.234 e. The van der Waals surface area contributed by atoms with E-state index in [1.165, 1.54) is 0 Å². The Hall–Kier alpha value is -2.41. The third-order valence-electron chi connectivity index (χ3n) is 6.17. The van der Waals surface area contributed by atoms with E-state index < -0.39 is 0 Å². The number of rotatable bonds is 12. The maximum absolute atomic E-state index is 12.5. The van der Waals surface area contributed by atoms with Gasteiger partial charge in [0.15, 0.2) is 5.78 Å². The summed E-state index contributed by atoms with van der Waals surface area (Å²) in [5.41, 5.74) is 6.75. The number of amides is 1. The van der Waals surface area contributed by atoms with Crippen molar-refractivity contribution in [2.45, 2.75) is 38.6 Å². The third-order valence-corrected chi connectivity index (χ3v) is 6.43. The van der Waals surface area contributed by atoms with Crippen LogP contribution in [0.4, 0.5) is 0 Å². The molecule has 2 aromatic carbocycles. The predicted octanol–water partition coefficient (Wildman–Crippen LogP) is 4.00. The first-order valence-corrected chi connectivity index (χ1v) is 12.1. The van der Waals surface area contributed by atoms with E-state index in [-0.39, 0.29) is 17.7 Å². The topological polar surface area (TPSA) is 75.9 Å². The fourth-order valence-electron chi connectivity index (χ4n) is 4.21. The minimum absolute atomic E-state index is 0.0288. The van der Waals surface area contributed by atoms with Crippen LogP contribution in [0, 0.1) is 0 Å². The molecule has 1 amide bonds. The maximum atomic E-state index is 12.5. The summed E-state index contributed by atoms with van der Waals surface area (Å²) >= 11 is 5.89. The van der Waals surface area contributed by atoms with E-state index in [0.29, 0.717) is 22.8 Å². The molecular formula is C26H34ClN3O3. The highest BCUT2D eigenvalue weighted by Gasteiger charge is 2.25. The van der Waals surface area contributed by atoms with Gasteiger partial charge in [0.05, 0.1) is 12.6 Å². The molecule has 2 aromatic rings. The number of unbranched alkanes of at least 4 members (excludes halogenated alkanes) is 2. The number of nitrogens with two attached hydrogens (primary N) is 1. The number of halogens is 1. The Bertz CT molecular complexity index is 894. The lowest BCUT2D eigenvalue weighted by Gasteiger charge is -2.37. The summed E-state index contributed by atoms with van der Waals surface area (Å²) in [5, 5.41) is 0.614. The van der Waals surface area contributed by atoms with Gasteiger partial charge in [0.1, 0.15) is 5.75 Å². The lowest BCUT2D eigenvalue weighted by Crippen LogP contribution is -2.54. The SMILES string of the molecule is CCC(C(N)=O)N1CCN(CCCCCOc2ccc(C(=O)c3ccc(Cl)cc3)cc2)CC1. The highest BCUT2D eigenvalue weighted by atomic mass is 35.5. The Morgan fingerprint density at radius 2 is 1.55 bits per heavy atom. The lowest BCUT2D eigenvalue weighted by atomic mass is 10.0. The van der Waals surface area contributed by atoms with Crippen molar-refractivity contribution in [1.29, 1.82) is 0 Å². The van der Waals surface area contributed by atoms with Crippen LogP contribution in [0.3, 0.4) is 0 Å². The molecule has 0 spiro atoms. The van der Waals surface area contributed by atoms with E-state index in [0.717, 1.165) is 64.2 Å². The van der Waals surface area contributed by atoms with Crippen LogP contribution in [0.2, 0.25) is 5.02 Å². The molecule has 1 unspecified atom stereocenters. The Kier molecular flexibility index (Phi) is 9.73. The Balaban J connectivity index is 1.30. The normalized spacial score (nSPS) is 15.8. The number of ether oxygens (including phenoxy) is 1. The molecule has 0 radical (unpaired) electrons. The average molecular weight is 472 g/mol. The Labute approximate surface area is 201 Å². The zero-order chi connectivity index (χ0) is 23.6. The molecule has 6 nitrogen and oxygen atoms in total. The molecule has 3 rings (SSSR count). The van der Waals surface area contributed by atoms with Gasteiger partial charge in [-0.25, -0.2) is 0 Å². The molecule has 2 N–H and O–H groups in total. The number of carbonyl (C=O) groups is 2. The quantitative estimate of drug-likeness (QED) is 0.374. The summed E-state index contributed by atoms with van der Waals surface area (Å²) in [6.45, 7) is 7.53. The van der Waals surface area contributed by atoms with Crippen LogP contribution in [0.25, 0.3) is 0 Å². The number of hydrogen-bond acceptors (Lipinski definition) is 5. The highest BCUT2D eigenvalue weighted by Crippen LogP contribution is 2.18. The van der Waals surface area contributed by atoms with E-state index in [4.69, 9.17) is 22.1 Å². The first-order valence-electron chi connectivity index (χ1n) is 11.8. The standard InChI is InChI=1S/C26H34ClN3O3/c1-2-24(26(28)32)30-17-15-29(16-18-30)14-4-3-5-19-33-23-12-8-21(9-13-23)25(31)20-6-10-22(27)11-7-20/h6-13,24H,2-5,14-19H2,1H3,(H2,28,32). The molecule has 0 aromatic heterocycles. The van der Waals surface area contributed by atoms with Crippen molar-refractivity contribution in [3.8, 4) is 5.75 Å². The van der Waals surface area contributed by atoms with Gasteiger partial charge in [-0.1, -0.05) is 18.5 Å². The van der Waals surface area contributed by atoms with E-state index in [1.807, 2.05) is 19.1 Å². The molecule has 0 aliphatic carbocycles. The van der Waals surface area contributed by atoms with Crippen LogP contribution in [0.5, 0.6) is 5.75 Å². The first kappa shape index (κ1) is 25.2. The predicted molar refractivity (Wildman–Crippen MR) is 132 cm³/mol. The number of primary amides is 1. The van der Waals surface area contributed by atoms with Gasteiger partial charge in [-0.05, 0) is 80.8 Å². The molecule has 7 heteroatoms. The molecule has 1 fully saturated rings. The number of hydrogen-bond donors (Lipinski definition) is 1. The molecule has 1 aliphatic rings. The number of piperazine rings is 1. The second kappa shape index (κ2) is 12.7. The number of nitrogens with zero attached hydrogens (tertiary/aromatic N) is 2. The van der Waals surface area contributed by atoms with Gasteiger partial charge in [0.25, 0.3) is 0 Å². The molecular weight excluding hydrogens is 438 g/mol. The number of ketones is 1. The third kappa shape index (κ3) is 7.56. The smallest absolute Gasteiger partial charge is 0.234 e. The van der Waals surface area contributed by atoms with Gasteiger partial charge in [-0.3, -0.25) is 14.5 Å². The lowest BCUT2D eigenvalue weighted by molar-refractivity contribution is -0.124. The molecule has 1 heterocycles. The van der Waals surface area contributed by atoms with Crippen LogP contribution in [-0.4, -0.2) is 66.9 Å². The van der Waals surface area contributed by atoms with Crippen LogP contribution in [0.15, 0.2) is 48.5 Å². The largest absolute Gasteiger partial charge is 0.494 e. The minimum atomic E-state index is -0.214. The summed E-state index contributed by atoms with van der Waals surface area (Å²) in [6, 6.07) is 14.1. The summed E-state index contributed by atoms with van der Waals surface area (Å²) in [7, 11) is 0. The second-order valence-electron chi connectivity index (χ2n) is 8.47. The second-order valence-corrected chi connectivity index (χ2v) is 8.91. The van der Waals surface area contributed by atoms with Gasteiger partial charge >= 0.3 is 0 Å². The molecule has 0 bridgehead atoms. The van der Waals surface area contributed by atoms with Crippen LogP contribution < -0.4 is 10.5 Å². The molecule has 178 valence electrons. The molecule has 33 heavy (non-hydrogen) atoms. The molecule has 1 aliphatic heterocycles. The highest BCUT2D eigenvalue weighted by molar-refractivity contribution is 6.30. The van der Waals surface area contributed by atoms with Gasteiger partial charge < -0.3 is 15.4 Å². The molecule has 1 saturated heterocycles. The summed E-state index contributed by atoms with van der Waals surface area (Å²) < 4.78 is 5.84. The van der Waals surface area contributed by atoms with Crippen LogP contribution in [0.1, 0.15) is 48.5 Å². The zero-order valence-corrected chi connectivity index (χ0v) is 20.1. The van der Waals surface area contributed by atoms with E-state index >= 15 is 0 Å². The Morgan fingerprint density at radius 1 is 0.939 bits per heavy atom. The fraction of sp³-hybridized carbons (Fsp3) is 0.462. The minimum Gasteiger partial charge on any atom is -0.494 e. The van der Waals surface area contributed by atoms with Crippen molar-refractivity contribution in [3.63, 3.8) is 0 Å². The first-order chi connectivity index (χ1) is 16.0. The van der Waals surface area contributed by atoms with Crippen molar-refractivity contribution < 1.29 is 14.3 Å². The van der Waals surface area contributed by atoms with Gasteiger partial charge in [0.2, 0.25) is 5.91 Å². The van der Waals surface area contributed by atoms with Crippen molar-refractivity contribution in [3.05, 3.63) is 64.7 Å². The van der Waals surface area contributed by atoms with Crippen LogP contribution in [-0.2, 0) is 4.79 Å². The van der Waals surface area contributed by atoms with Crippen molar-refractivity contribution in [2.24, 2.45) is 5.73 Å². The molecule has 0 saturated carbocycles. The van der Waals surface area contributed by atoms with E-state index in [1.54, 1.807) is 36.4 Å². The summed E-state index contributed by atoms with van der Waals surface area (Å²) in [4.78, 5) is 28.7. The monoisotopic (exact) mass is 471 g/mol. The van der Waals surface area contributed by atoms with Crippen molar-refractivity contribution >= 4 is 23.3 Å². The average Bonchev–Trinajstić information content (AvgIpc) is 2.83. The van der Waals surface area contributed by atoms with Crippen molar-refractivity contribution in [2.75, 3.05) is 39.3 Å². The van der Waals surface area contributed by atoms with E-state index in [2.05, 4.69) is 9.80 Å². The fourth-order valence-corrected chi connectivity index (χ4v) is 4.34. The summed E-state index contributed by atoms with van der Waals surface area (Å²) in [6.07, 6.45) is 4.00. The van der Waals surface area contributed by atoms with Gasteiger partial charge in [0, 0.05) is 42.3 Å². The van der Waals surface area contributed by atoms with Gasteiger partial charge in [-0.2, -0.15) is 0 Å². The molecule has 1 atom stereocenters. The zero-order valence-electron chi connectivity index (χ0n) is 19.3. The van der Waals surface area contributed by atoms with Crippen molar-refractivity contribution in [1.82, 2.24) is 9.80 Å². The number of carbonyl (C=O) groups excluding carboxylic acids is 2. The Morgan fingerprint density at radius 3 is 2.12 bits per heavy atom. The van der Waals surface area contributed by atoms with Gasteiger partial charge in [-0.15, -0.1) is 0 Å².